The summed E-state index contributed by atoms with van der Waals surface area (Å²) >= 11 is 2.94. The van der Waals surface area contributed by atoms with Crippen molar-refractivity contribution in [3.63, 3.8) is 0 Å². The molecule has 0 aliphatic heterocycles. The van der Waals surface area contributed by atoms with Crippen molar-refractivity contribution in [3.8, 4) is 10.4 Å². The zero-order valence-corrected chi connectivity index (χ0v) is 14.0. The van der Waals surface area contributed by atoms with Crippen molar-refractivity contribution < 1.29 is 4.79 Å². The molecule has 3 rings (SSSR count). The third kappa shape index (κ3) is 4.05. The Morgan fingerprint density at radius 1 is 1.22 bits per heavy atom. The molecular weight excluding hydrogens is 330 g/mol. The number of anilines is 2. The van der Waals surface area contributed by atoms with E-state index in [-0.39, 0.29) is 6.03 Å². The quantitative estimate of drug-likeness (QED) is 0.660. The summed E-state index contributed by atoms with van der Waals surface area (Å²) in [6.07, 6.45) is 1.76. The van der Waals surface area contributed by atoms with Gasteiger partial charge in [-0.1, -0.05) is 41.7 Å². The lowest BCUT2D eigenvalue weighted by molar-refractivity contribution is 0.251. The Bertz CT molecular complexity index is 784. The van der Waals surface area contributed by atoms with Crippen LogP contribution in [0, 0.1) is 0 Å². The molecule has 0 spiro atoms. The second-order valence-corrected chi connectivity index (χ2v) is 6.49. The molecule has 0 aliphatic rings. The summed E-state index contributed by atoms with van der Waals surface area (Å²) < 4.78 is 0. The molecule has 2 amide bonds. The fraction of sp³-hybridized carbons (Fsp3) is 0.133. The Hall–Kier alpha value is -2.45. The van der Waals surface area contributed by atoms with Gasteiger partial charge in [-0.25, -0.2) is 14.8 Å². The Morgan fingerprint density at radius 3 is 2.78 bits per heavy atom. The fourth-order valence-electron chi connectivity index (χ4n) is 1.88. The van der Waals surface area contributed by atoms with Crippen molar-refractivity contribution in [3.05, 3.63) is 47.6 Å². The number of benzene rings is 1. The first-order chi connectivity index (χ1) is 11.2. The highest BCUT2D eigenvalue weighted by Crippen LogP contribution is 2.28. The highest BCUT2D eigenvalue weighted by Gasteiger charge is 2.08. The summed E-state index contributed by atoms with van der Waals surface area (Å²) in [6.45, 7) is 0.376. The van der Waals surface area contributed by atoms with Gasteiger partial charge < -0.3 is 10.6 Å². The number of carbonyl (C=O) groups is 1. The minimum Gasteiger partial charge on any atom is -0.365 e. The number of hydrogen-bond acceptors (Lipinski definition) is 6. The molecule has 6 nitrogen and oxygen atoms in total. The SMILES string of the molecule is CNc1nc(CNC(=O)Nc2ncc(-c3ccccc3)s2)cs1. The molecule has 8 heteroatoms. The third-order valence-electron chi connectivity index (χ3n) is 2.98. The number of amides is 2. The summed E-state index contributed by atoms with van der Waals surface area (Å²) in [6, 6.07) is 9.65. The summed E-state index contributed by atoms with van der Waals surface area (Å²) in [4.78, 5) is 21.5. The number of nitrogens with one attached hydrogen (secondary N) is 3. The molecule has 0 saturated heterocycles. The van der Waals surface area contributed by atoms with Crippen LogP contribution in [0.2, 0.25) is 0 Å². The van der Waals surface area contributed by atoms with Crippen molar-refractivity contribution in [2.45, 2.75) is 6.54 Å². The normalized spacial score (nSPS) is 10.3. The number of carbonyl (C=O) groups excluding carboxylic acids is 1. The average Bonchev–Trinajstić information content (AvgIpc) is 3.23. The number of urea groups is 1. The molecule has 3 N–H and O–H groups in total. The highest BCUT2D eigenvalue weighted by molar-refractivity contribution is 7.19. The smallest absolute Gasteiger partial charge is 0.321 e. The lowest BCUT2D eigenvalue weighted by Gasteiger charge is -2.03. The van der Waals surface area contributed by atoms with Crippen LogP contribution in [-0.2, 0) is 6.54 Å². The Kier molecular flexibility index (Phi) is 4.84. The number of rotatable bonds is 5. The van der Waals surface area contributed by atoms with Crippen LogP contribution in [0.25, 0.3) is 10.4 Å². The van der Waals surface area contributed by atoms with Crippen LogP contribution in [0.3, 0.4) is 0 Å². The van der Waals surface area contributed by atoms with Gasteiger partial charge in [0.25, 0.3) is 0 Å². The van der Waals surface area contributed by atoms with Gasteiger partial charge in [0.2, 0.25) is 0 Å². The molecule has 2 heterocycles. The van der Waals surface area contributed by atoms with E-state index in [1.165, 1.54) is 22.7 Å². The van der Waals surface area contributed by atoms with E-state index in [0.29, 0.717) is 11.7 Å². The van der Waals surface area contributed by atoms with E-state index in [4.69, 9.17) is 0 Å². The molecule has 0 saturated carbocycles. The van der Waals surface area contributed by atoms with E-state index in [1.54, 1.807) is 6.20 Å². The summed E-state index contributed by atoms with van der Waals surface area (Å²) in [5.41, 5.74) is 1.90. The summed E-state index contributed by atoms with van der Waals surface area (Å²) in [7, 11) is 1.82. The van der Waals surface area contributed by atoms with Gasteiger partial charge in [-0.2, -0.15) is 0 Å². The first-order valence-electron chi connectivity index (χ1n) is 6.93. The van der Waals surface area contributed by atoms with Gasteiger partial charge in [-0.15, -0.1) is 11.3 Å². The topological polar surface area (TPSA) is 78.9 Å². The molecule has 2 aromatic heterocycles. The lowest BCUT2D eigenvalue weighted by atomic mass is 10.2. The van der Waals surface area contributed by atoms with Gasteiger partial charge in [0.15, 0.2) is 10.3 Å². The maximum atomic E-state index is 11.9. The van der Waals surface area contributed by atoms with Crippen molar-refractivity contribution in [2.24, 2.45) is 0 Å². The van der Waals surface area contributed by atoms with Crippen LogP contribution < -0.4 is 16.0 Å². The molecule has 0 radical (unpaired) electrons. The molecule has 1 aromatic carbocycles. The number of thiazole rings is 2. The lowest BCUT2D eigenvalue weighted by Crippen LogP contribution is -2.28. The first-order valence-corrected chi connectivity index (χ1v) is 8.62. The van der Waals surface area contributed by atoms with Crippen LogP contribution in [-0.4, -0.2) is 23.0 Å². The van der Waals surface area contributed by atoms with Gasteiger partial charge in [0.1, 0.15) is 0 Å². The minimum absolute atomic E-state index is 0.294. The monoisotopic (exact) mass is 345 g/mol. The second-order valence-electron chi connectivity index (χ2n) is 4.60. The van der Waals surface area contributed by atoms with Crippen molar-refractivity contribution in [1.29, 1.82) is 0 Å². The van der Waals surface area contributed by atoms with E-state index in [2.05, 4.69) is 25.9 Å². The highest BCUT2D eigenvalue weighted by atomic mass is 32.1. The van der Waals surface area contributed by atoms with Gasteiger partial charge in [-0.05, 0) is 5.56 Å². The summed E-state index contributed by atoms with van der Waals surface area (Å²) in [5.74, 6) is 0. The molecular formula is C15H15N5OS2. The summed E-state index contributed by atoms with van der Waals surface area (Å²) in [5, 5.41) is 11.8. The van der Waals surface area contributed by atoms with Crippen LogP contribution >= 0.6 is 22.7 Å². The van der Waals surface area contributed by atoms with Crippen LogP contribution in [0.1, 0.15) is 5.69 Å². The van der Waals surface area contributed by atoms with Crippen LogP contribution in [0.4, 0.5) is 15.1 Å². The molecule has 0 unspecified atom stereocenters. The standard InChI is InChI=1S/C15H15N5OS2/c1-16-14-19-11(9-22-14)7-17-13(21)20-15-18-8-12(23-15)10-5-3-2-4-6-10/h2-6,8-9H,7H2,1H3,(H,16,19)(H2,17,18,20,21). The Labute approximate surface area is 141 Å². The van der Waals surface area contributed by atoms with E-state index < -0.39 is 0 Å². The molecule has 118 valence electrons. The predicted molar refractivity (Wildman–Crippen MR) is 95.1 cm³/mol. The molecule has 0 aliphatic carbocycles. The molecule has 0 atom stereocenters. The second kappa shape index (κ2) is 7.21. The average molecular weight is 345 g/mol. The van der Waals surface area contributed by atoms with E-state index >= 15 is 0 Å². The van der Waals surface area contributed by atoms with Crippen molar-refractivity contribution >= 4 is 39.0 Å². The van der Waals surface area contributed by atoms with Crippen LogP contribution in [0.5, 0.6) is 0 Å². The maximum absolute atomic E-state index is 11.9. The number of hydrogen-bond donors (Lipinski definition) is 3. The number of aromatic nitrogens is 2. The molecule has 23 heavy (non-hydrogen) atoms. The zero-order chi connectivity index (χ0) is 16.1. The Morgan fingerprint density at radius 2 is 2.04 bits per heavy atom. The van der Waals surface area contributed by atoms with Gasteiger partial charge in [0, 0.05) is 18.6 Å². The molecule has 0 fully saturated rings. The Balaban J connectivity index is 1.55. The predicted octanol–water partition coefficient (Wildman–Crippen LogP) is 3.63. The molecule has 0 bridgehead atoms. The van der Waals surface area contributed by atoms with E-state index in [0.717, 1.165) is 21.3 Å². The maximum Gasteiger partial charge on any atom is 0.321 e. The van der Waals surface area contributed by atoms with Crippen LogP contribution in [0.15, 0.2) is 41.9 Å². The minimum atomic E-state index is -0.294. The van der Waals surface area contributed by atoms with E-state index in [9.17, 15) is 4.79 Å². The first kappa shape index (κ1) is 15.4. The largest absolute Gasteiger partial charge is 0.365 e. The molecule has 3 aromatic rings. The third-order valence-corrected chi connectivity index (χ3v) is 4.85. The number of nitrogens with zero attached hydrogens (tertiary/aromatic N) is 2. The zero-order valence-electron chi connectivity index (χ0n) is 12.4. The van der Waals surface area contributed by atoms with Crippen molar-refractivity contribution in [2.75, 3.05) is 17.7 Å². The van der Waals surface area contributed by atoms with Crippen molar-refractivity contribution in [1.82, 2.24) is 15.3 Å². The van der Waals surface area contributed by atoms with Gasteiger partial charge >= 0.3 is 6.03 Å². The van der Waals surface area contributed by atoms with Gasteiger partial charge in [-0.3, -0.25) is 5.32 Å². The van der Waals surface area contributed by atoms with E-state index in [1.807, 2.05) is 42.8 Å². The van der Waals surface area contributed by atoms with Gasteiger partial charge in [0.05, 0.1) is 17.1 Å². The fourth-order valence-corrected chi connectivity index (χ4v) is 3.37.